The van der Waals surface area contributed by atoms with E-state index in [0.29, 0.717) is 6.42 Å². The molecule has 0 unspecified atom stereocenters. The number of nitro groups is 1. The lowest BCUT2D eigenvalue weighted by atomic mass is 10.1. The summed E-state index contributed by atoms with van der Waals surface area (Å²) in [7, 11) is 1.31. The fourth-order valence-electron chi connectivity index (χ4n) is 2.73. The average molecular weight is 480 g/mol. The zero-order chi connectivity index (χ0) is 24.5. The first-order valence-corrected chi connectivity index (χ1v) is 10.8. The number of nitrogens with zero attached hydrogens (tertiary/aromatic N) is 1. The Labute approximate surface area is 193 Å². The maximum absolute atomic E-state index is 12.5. The third kappa shape index (κ3) is 6.42. The quantitative estimate of drug-likeness (QED) is 0.290. The van der Waals surface area contributed by atoms with Crippen molar-refractivity contribution in [3.63, 3.8) is 0 Å². The number of amides is 1. The molecule has 1 heterocycles. The van der Waals surface area contributed by atoms with E-state index < -0.39 is 40.6 Å². The van der Waals surface area contributed by atoms with Crippen LogP contribution in [0.4, 0.5) is 10.7 Å². The van der Waals surface area contributed by atoms with Crippen LogP contribution in [0.5, 0.6) is 11.5 Å². The molecule has 2 rings (SSSR count). The van der Waals surface area contributed by atoms with Gasteiger partial charge in [0.15, 0.2) is 18.1 Å². The Kier molecular flexibility index (Phi) is 9.16. The van der Waals surface area contributed by atoms with E-state index in [1.807, 2.05) is 6.92 Å². The minimum atomic E-state index is -1.09. The second-order valence-electron chi connectivity index (χ2n) is 6.36. The molecule has 1 aromatic carbocycles. The number of aryl methyl sites for hydroxylation is 1. The number of methoxy groups -OCH3 is 1. The molecule has 0 spiro atoms. The maximum Gasteiger partial charge on any atom is 0.345 e. The summed E-state index contributed by atoms with van der Waals surface area (Å²) in [6.07, 6.45) is 0.644. The molecule has 0 saturated heterocycles. The molecule has 11 nitrogen and oxygen atoms in total. The zero-order valence-electron chi connectivity index (χ0n) is 18.6. The van der Waals surface area contributed by atoms with Gasteiger partial charge in [-0.2, -0.15) is 0 Å². The number of carbonyl (C=O) groups is 3. The van der Waals surface area contributed by atoms with E-state index in [2.05, 4.69) is 5.32 Å². The summed E-state index contributed by atoms with van der Waals surface area (Å²) in [5.74, 6) is -2.20. The van der Waals surface area contributed by atoms with Crippen molar-refractivity contribution in [1.29, 1.82) is 0 Å². The van der Waals surface area contributed by atoms with Crippen molar-refractivity contribution in [2.24, 2.45) is 0 Å². The molecular formula is C21H24N2O9S. The molecule has 1 N–H and O–H groups in total. The summed E-state index contributed by atoms with van der Waals surface area (Å²) in [5, 5.41) is 14.2. The topological polar surface area (TPSA) is 143 Å². The Morgan fingerprint density at radius 3 is 2.27 bits per heavy atom. The van der Waals surface area contributed by atoms with Crippen LogP contribution in [0.25, 0.3) is 0 Å². The predicted octanol–water partition coefficient (Wildman–Crippen LogP) is 3.60. The highest BCUT2D eigenvalue weighted by atomic mass is 32.1. The number of hydrogen-bond donors (Lipinski definition) is 1. The van der Waals surface area contributed by atoms with E-state index >= 15 is 0 Å². The van der Waals surface area contributed by atoms with Crippen molar-refractivity contribution in [3.8, 4) is 11.5 Å². The van der Waals surface area contributed by atoms with E-state index in [1.54, 1.807) is 19.9 Å². The summed E-state index contributed by atoms with van der Waals surface area (Å²) < 4.78 is 20.4. The third-order valence-corrected chi connectivity index (χ3v) is 5.41. The number of hydrogen-bond acceptors (Lipinski definition) is 10. The van der Waals surface area contributed by atoms with Crippen LogP contribution < -0.4 is 14.8 Å². The molecule has 178 valence electrons. The lowest BCUT2D eigenvalue weighted by molar-refractivity contribution is -0.385. The van der Waals surface area contributed by atoms with Crippen molar-refractivity contribution in [1.82, 2.24) is 0 Å². The van der Waals surface area contributed by atoms with Gasteiger partial charge in [-0.15, -0.1) is 11.3 Å². The fourth-order valence-corrected chi connectivity index (χ4v) is 3.73. The fraction of sp³-hybridized carbons (Fsp3) is 0.381. The molecule has 0 aliphatic heterocycles. The van der Waals surface area contributed by atoms with Gasteiger partial charge in [0, 0.05) is 10.9 Å². The van der Waals surface area contributed by atoms with E-state index in [9.17, 15) is 24.5 Å². The smallest absolute Gasteiger partial charge is 0.345 e. The maximum atomic E-state index is 12.5. The first-order valence-electron chi connectivity index (χ1n) is 10.0. The number of nitro benzene ring substituents is 1. The van der Waals surface area contributed by atoms with Crippen LogP contribution >= 0.6 is 11.3 Å². The monoisotopic (exact) mass is 480 g/mol. The van der Waals surface area contributed by atoms with Crippen LogP contribution in [0.1, 0.15) is 46.4 Å². The number of rotatable bonds is 11. The Morgan fingerprint density at radius 2 is 1.70 bits per heavy atom. The minimum absolute atomic E-state index is 0.0776. The number of benzene rings is 1. The highest BCUT2D eigenvalue weighted by molar-refractivity contribution is 7.16. The van der Waals surface area contributed by atoms with Crippen molar-refractivity contribution in [2.45, 2.75) is 27.2 Å². The Bertz CT molecular complexity index is 1050. The van der Waals surface area contributed by atoms with Gasteiger partial charge in [-0.1, -0.05) is 6.92 Å². The second kappa shape index (κ2) is 11.8. The molecule has 0 atom stereocenters. The number of nitrogens with one attached hydrogen (secondary N) is 1. The van der Waals surface area contributed by atoms with Crippen LogP contribution in [0.15, 0.2) is 18.2 Å². The Hall–Kier alpha value is -3.67. The summed E-state index contributed by atoms with van der Waals surface area (Å²) in [4.78, 5) is 48.5. The Morgan fingerprint density at radius 1 is 1.00 bits per heavy atom. The van der Waals surface area contributed by atoms with Crippen LogP contribution in [0.3, 0.4) is 0 Å². The minimum Gasteiger partial charge on any atom is -0.493 e. The molecule has 1 amide bonds. The van der Waals surface area contributed by atoms with Crippen molar-refractivity contribution < 1.29 is 38.3 Å². The number of esters is 2. The highest BCUT2D eigenvalue weighted by Crippen LogP contribution is 2.35. The number of anilines is 1. The van der Waals surface area contributed by atoms with Gasteiger partial charge in [0.25, 0.3) is 11.6 Å². The van der Waals surface area contributed by atoms with Crippen LogP contribution in [0.2, 0.25) is 0 Å². The molecule has 0 saturated carbocycles. The average Bonchev–Trinajstić information content (AvgIpc) is 3.20. The molecule has 2 aromatic rings. The lowest BCUT2D eigenvalue weighted by Gasteiger charge is -2.12. The van der Waals surface area contributed by atoms with Gasteiger partial charge >= 0.3 is 11.9 Å². The molecule has 0 radical (unpaired) electrons. The van der Waals surface area contributed by atoms with Crippen LogP contribution in [-0.4, -0.2) is 49.7 Å². The normalized spacial score (nSPS) is 10.3. The molecule has 0 aliphatic rings. The highest BCUT2D eigenvalue weighted by Gasteiger charge is 2.27. The number of carbonyl (C=O) groups excluding carboxylic acids is 3. The SMILES string of the molecule is CCOC(=O)c1cc(CC)sc1NC(=O)COC(=O)c1cc(OCC)c(OC)cc1[N+](=O)[O-]. The predicted molar refractivity (Wildman–Crippen MR) is 119 cm³/mol. The van der Waals surface area contributed by atoms with Crippen LogP contribution in [0, 0.1) is 10.1 Å². The van der Waals surface area contributed by atoms with E-state index in [0.717, 1.165) is 17.0 Å². The van der Waals surface area contributed by atoms with Crippen molar-refractivity contribution in [3.05, 3.63) is 44.3 Å². The van der Waals surface area contributed by atoms with Gasteiger partial charge in [0.2, 0.25) is 0 Å². The largest absolute Gasteiger partial charge is 0.493 e. The van der Waals surface area contributed by atoms with E-state index in [-0.39, 0.29) is 35.3 Å². The van der Waals surface area contributed by atoms with Crippen LogP contribution in [-0.2, 0) is 20.7 Å². The molecule has 12 heteroatoms. The van der Waals surface area contributed by atoms with Crippen molar-refractivity contribution >= 4 is 39.9 Å². The third-order valence-electron chi connectivity index (χ3n) is 4.21. The van der Waals surface area contributed by atoms with Gasteiger partial charge in [-0.05, 0) is 26.3 Å². The summed E-state index contributed by atoms with van der Waals surface area (Å²) in [5.41, 5.74) is -0.754. The molecule has 0 bridgehead atoms. The van der Waals surface area contributed by atoms with Gasteiger partial charge in [0.1, 0.15) is 10.6 Å². The van der Waals surface area contributed by atoms with Gasteiger partial charge in [-0.25, -0.2) is 9.59 Å². The van der Waals surface area contributed by atoms with E-state index in [4.69, 9.17) is 18.9 Å². The first-order chi connectivity index (χ1) is 15.7. The zero-order valence-corrected chi connectivity index (χ0v) is 19.4. The first kappa shape index (κ1) is 25.6. The van der Waals surface area contributed by atoms with E-state index in [1.165, 1.54) is 18.4 Å². The molecular weight excluding hydrogens is 456 g/mol. The van der Waals surface area contributed by atoms with Gasteiger partial charge < -0.3 is 24.3 Å². The molecule has 0 fully saturated rings. The van der Waals surface area contributed by atoms with Crippen molar-refractivity contribution in [2.75, 3.05) is 32.2 Å². The molecule has 0 aliphatic carbocycles. The lowest BCUT2D eigenvalue weighted by Crippen LogP contribution is -2.22. The number of ether oxygens (including phenoxy) is 4. The number of thiophene rings is 1. The second-order valence-corrected chi connectivity index (χ2v) is 7.50. The summed E-state index contributed by atoms with van der Waals surface area (Å²) in [6.45, 7) is 4.93. The summed E-state index contributed by atoms with van der Waals surface area (Å²) in [6, 6.07) is 3.80. The Balaban J connectivity index is 2.17. The molecule has 33 heavy (non-hydrogen) atoms. The molecule has 1 aromatic heterocycles. The van der Waals surface area contributed by atoms with Gasteiger partial charge in [-0.3, -0.25) is 14.9 Å². The van der Waals surface area contributed by atoms with Gasteiger partial charge in [0.05, 0.1) is 36.9 Å². The summed E-state index contributed by atoms with van der Waals surface area (Å²) >= 11 is 1.20. The standard InChI is InChI=1S/C21H24N2O9S/c1-5-12-8-14(21(26)31-7-3)19(33-12)22-18(24)11-32-20(25)13-9-17(30-6-2)16(29-4)10-15(13)23(27)28/h8-10H,5-7,11H2,1-4H3,(H,22,24).